The summed E-state index contributed by atoms with van der Waals surface area (Å²) in [4.78, 5) is 12.7. The lowest BCUT2D eigenvalue weighted by Gasteiger charge is -2.20. The number of aryl methyl sites for hydroxylation is 2. The molecular formula is C24H24FNO. The number of ketones is 1. The molecule has 0 aliphatic rings. The molecule has 0 radical (unpaired) electrons. The second-order valence-electron chi connectivity index (χ2n) is 6.79. The summed E-state index contributed by atoms with van der Waals surface area (Å²) in [5.74, 6) is -0.353. The van der Waals surface area contributed by atoms with Crippen LogP contribution in [-0.4, -0.2) is 5.78 Å². The molecule has 1 unspecified atom stereocenters. The number of nitrogens with one attached hydrogen (secondary N) is 1. The Bertz CT molecular complexity index is 883. The Morgan fingerprint density at radius 3 is 2.15 bits per heavy atom. The lowest BCUT2D eigenvalue weighted by Crippen LogP contribution is -2.16. The van der Waals surface area contributed by atoms with E-state index in [1.54, 1.807) is 12.1 Å². The molecule has 3 aromatic carbocycles. The Morgan fingerprint density at radius 2 is 1.56 bits per heavy atom. The highest BCUT2D eigenvalue weighted by atomic mass is 19.1. The van der Waals surface area contributed by atoms with Crippen LogP contribution in [0.4, 0.5) is 10.1 Å². The predicted octanol–water partition coefficient (Wildman–Crippen LogP) is 6.12. The summed E-state index contributed by atoms with van der Waals surface area (Å²) < 4.78 is 13.1. The molecule has 0 aliphatic carbocycles. The van der Waals surface area contributed by atoms with Gasteiger partial charge in [0.1, 0.15) is 5.82 Å². The van der Waals surface area contributed by atoms with Crippen LogP contribution in [0.5, 0.6) is 0 Å². The van der Waals surface area contributed by atoms with Crippen LogP contribution < -0.4 is 5.32 Å². The molecule has 0 saturated heterocycles. The zero-order chi connectivity index (χ0) is 19.2. The molecule has 0 heterocycles. The van der Waals surface area contributed by atoms with E-state index in [0.29, 0.717) is 12.0 Å². The summed E-state index contributed by atoms with van der Waals surface area (Å²) >= 11 is 0. The molecule has 0 saturated carbocycles. The van der Waals surface area contributed by atoms with Crippen LogP contribution in [0.2, 0.25) is 0 Å². The normalized spacial score (nSPS) is 11.8. The van der Waals surface area contributed by atoms with E-state index in [4.69, 9.17) is 0 Å². The van der Waals surface area contributed by atoms with E-state index in [9.17, 15) is 9.18 Å². The molecule has 0 spiro atoms. The molecule has 3 aromatic rings. The van der Waals surface area contributed by atoms with Gasteiger partial charge in [0.2, 0.25) is 0 Å². The number of hydrogen-bond donors (Lipinski definition) is 1. The SMILES string of the molecule is CCc1ccc(NC(CC(=O)c2ccc(F)cc2)c2ccc(C)cc2)cc1. The summed E-state index contributed by atoms with van der Waals surface area (Å²) in [6, 6.07) is 22.0. The zero-order valence-electron chi connectivity index (χ0n) is 15.7. The molecule has 3 heteroatoms. The smallest absolute Gasteiger partial charge is 0.165 e. The largest absolute Gasteiger partial charge is 0.378 e. The minimum absolute atomic E-state index is 0.0155. The van der Waals surface area contributed by atoms with Crippen molar-refractivity contribution in [3.05, 3.63) is 101 Å². The quantitative estimate of drug-likeness (QED) is 0.513. The first-order valence-electron chi connectivity index (χ1n) is 9.26. The molecule has 0 aliphatic heterocycles. The average Bonchev–Trinajstić information content (AvgIpc) is 2.69. The molecule has 0 aromatic heterocycles. The highest BCUT2D eigenvalue weighted by Crippen LogP contribution is 2.25. The highest BCUT2D eigenvalue weighted by molar-refractivity contribution is 5.96. The topological polar surface area (TPSA) is 29.1 Å². The van der Waals surface area contributed by atoms with Crippen molar-refractivity contribution in [1.29, 1.82) is 0 Å². The van der Waals surface area contributed by atoms with E-state index in [1.165, 1.54) is 23.3 Å². The first-order valence-corrected chi connectivity index (χ1v) is 9.26. The number of carbonyl (C=O) groups excluding carboxylic acids is 1. The lowest BCUT2D eigenvalue weighted by atomic mass is 9.96. The third-order valence-corrected chi connectivity index (χ3v) is 4.74. The maximum absolute atomic E-state index is 13.1. The number of benzene rings is 3. The van der Waals surface area contributed by atoms with Crippen molar-refractivity contribution in [3.63, 3.8) is 0 Å². The zero-order valence-corrected chi connectivity index (χ0v) is 15.7. The van der Waals surface area contributed by atoms with Gasteiger partial charge < -0.3 is 5.32 Å². The molecule has 0 amide bonds. The van der Waals surface area contributed by atoms with Crippen molar-refractivity contribution >= 4 is 11.5 Å². The number of halogens is 1. The van der Waals surface area contributed by atoms with Gasteiger partial charge in [0.15, 0.2) is 5.78 Å². The number of anilines is 1. The van der Waals surface area contributed by atoms with Crippen LogP contribution in [-0.2, 0) is 6.42 Å². The summed E-state index contributed by atoms with van der Waals surface area (Å²) in [7, 11) is 0. The van der Waals surface area contributed by atoms with E-state index >= 15 is 0 Å². The van der Waals surface area contributed by atoms with Gasteiger partial charge in [-0.3, -0.25) is 4.79 Å². The van der Waals surface area contributed by atoms with Crippen molar-refractivity contribution in [1.82, 2.24) is 0 Å². The monoisotopic (exact) mass is 361 g/mol. The fourth-order valence-electron chi connectivity index (χ4n) is 3.03. The van der Waals surface area contributed by atoms with Gasteiger partial charge >= 0.3 is 0 Å². The second kappa shape index (κ2) is 8.63. The minimum atomic E-state index is -0.337. The van der Waals surface area contributed by atoms with Gasteiger partial charge in [-0.25, -0.2) is 4.39 Å². The van der Waals surface area contributed by atoms with Gasteiger partial charge in [-0.05, 0) is 60.9 Å². The van der Waals surface area contributed by atoms with Crippen molar-refractivity contribution in [2.24, 2.45) is 0 Å². The molecular weight excluding hydrogens is 337 g/mol. The van der Waals surface area contributed by atoms with E-state index in [1.807, 2.05) is 43.3 Å². The number of Topliss-reactive ketones (excluding diaryl/α,β-unsaturated/α-hetero) is 1. The summed E-state index contributed by atoms with van der Waals surface area (Å²) in [6.45, 7) is 4.16. The van der Waals surface area contributed by atoms with Gasteiger partial charge in [0, 0.05) is 17.7 Å². The maximum Gasteiger partial charge on any atom is 0.165 e. The van der Waals surface area contributed by atoms with Crippen molar-refractivity contribution in [2.45, 2.75) is 32.7 Å². The molecule has 1 N–H and O–H groups in total. The molecule has 1 atom stereocenters. The molecule has 2 nitrogen and oxygen atoms in total. The Labute approximate surface area is 160 Å². The Morgan fingerprint density at radius 1 is 0.926 bits per heavy atom. The maximum atomic E-state index is 13.1. The third-order valence-electron chi connectivity index (χ3n) is 4.74. The molecule has 3 rings (SSSR count). The first kappa shape index (κ1) is 18.8. The predicted molar refractivity (Wildman–Crippen MR) is 109 cm³/mol. The molecule has 138 valence electrons. The van der Waals surface area contributed by atoms with Crippen LogP contribution in [0.1, 0.15) is 46.4 Å². The van der Waals surface area contributed by atoms with Gasteiger partial charge in [0.25, 0.3) is 0 Å². The van der Waals surface area contributed by atoms with E-state index < -0.39 is 0 Å². The summed E-state index contributed by atoms with van der Waals surface area (Å²) in [5.41, 5.74) is 5.00. The van der Waals surface area contributed by atoms with Crippen molar-refractivity contribution < 1.29 is 9.18 Å². The van der Waals surface area contributed by atoms with Crippen LogP contribution in [0.25, 0.3) is 0 Å². The van der Waals surface area contributed by atoms with Gasteiger partial charge in [-0.1, -0.05) is 48.9 Å². The number of carbonyl (C=O) groups is 1. The second-order valence-corrected chi connectivity index (χ2v) is 6.79. The standard InChI is InChI=1S/C24H24FNO/c1-3-18-6-14-22(15-7-18)26-23(19-8-4-17(2)5-9-19)16-24(27)20-10-12-21(25)13-11-20/h4-15,23,26H,3,16H2,1-2H3. The lowest BCUT2D eigenvalue weighted by molar-refractivity contribution is 0.0976. The minimum Gasteiger partial charge on any atom is -0.378 e. The fourth-order valence-corrected chi connectivity index (χ4v) is 3.03. The summed E-state index contributed by atoms with van der Waals surface area (Å²) in [5, 5.41) is 3.48. The number of hydrogen-bond acceptors (Lipinski definition) is 2. The number of rotatable bonds is 7. The summed E-state index contributed by atoms with van der Waals surface area (Å²) in [6.07, 6.45) is 1.29. The fraction of sp³-hybridized carbons (Fsp3) is 0.208. The van der Waals surface area contributed by atoms with Crippen molar-refractivity contribution in [3.8, 4) is 0 Å². The highest BCUT2D eigenvalue weighted by Gasteiger charge is 2.17. The van der Waals surface area contributed by atoms with E-state index in [-0.39, 0.29) is 17.6 Å². The Balaban J connectivity index is 1.83. The van der Waals surface area contributed by atoms with Crippen LogP contribution in [0.15, 0.2) is 72.8 Å². The average molecular weight is 361 g/mol. The third kappa shape index (κ3) is 5.04. The van der Waals surface area contributed by atoms with Crippen molar-refractivity contribution in [2.75, 3.05) is 5.32 Å². The van der Waals surface area contributed by atoms with Gasteiger partial charge in [-0.2, -0.15) is 0 Å². The van der Waals surface area contributed by atoms with Crippen LogP contribution in [0, 0.1) is 12.7 Å². The first-order chi connectivity index (χ1) is 13.0. The van der Waals surface area contributed by atoms with Crippen LogP contribution >= 0.6 is 0 Å². The van der Waals surface area contributed by atoms with Crippen LogP contribution in [0.3, 0.4) is 0 Å². The van der Waals surface area contributed by atoms with E-state index in [2.05, 4.69) is 24.4 Å². The van der Waals surface area contributed by atoms with Gasteiger partial charge in [0.05, 0.1) is 6.04 Å². The molecule has 27 heavy (non-hydrogen) atoms. The molecule has 0 fully saturated rings. The molecule has 0 bridgehead atoms. The Hall–Kier alpha value is -2.94. The Kier molecular flexibility index (Phi) is 6.02. The van der Waals surface area contributed by atoms with Gasteiger partial charge in [-0.15, -0.1) is 0 Å². The van der Waals surface area contributed by atoms with E-state index in [0.717, 1.165) is 17.7 Å².